The summed E-state index contributed by atoms with van der Waals surface area (Å²) in [6.07, 6.45) is 5.29. The number of carboxylic acids is 1. The van der Waals surface area contributed by atoms with E-state index in [0.29, 0.717) is 12.8 Å². The van der Waals surface area contributed by atoms with E-state index in [1.165, 1.54) is 0 Å². The highest BCUT2D eigenvalue weighted by Crippen LogP contribution is 2.36. The van der Waals surface area contributed by atoms with Crippen LogP contribution in [-0.2, 0) is 14.4 Å². The molecule has 1 aliphatic carbocycles. The summed E-state index contributed by atoms with van der Waals surface area (Å²) in [5.41, 5.74) is -0.589. The summed E-state index contributed by atoms with van der Waals surface area (Å²) < 4.78 is 0. The lowest BCUT2D eigenvalue weighted by molar-refractivity contribution is -0.147. The molecule has 2 amide bonds. The lowest BCUT2D eigenvalue weighted by atomic mass is 9.77. The van der Waals surface area contributed by atoms with E-state index in [0.717, 1.165) is 32.1 Å². The van der Waals surface area contributed by atoms with Crippen LogP contribution in [0, 0.1) is 0 Å². The van der Waals surface area contributed by atoms with Crippen LogP contribution >= 0.6 is 0 Å². The second-order valence-electron chi connectivity index (χ2n) is 5.91. The van der Waals surface area contributed by atoms with Crippen molar-refractivity contribution in [2.75, 3.05) is 7.05 Å². The fraction of sp³-hybridized carbons (Fsp3) is 0.786. The average Bonchev–Trinajstić information content (AvgIpc) is 2.84. The Balaban J connectivity index is 2.13. The van der Waals surface area contributed by atoms with Gasteiger partial charge in [0.15, 0.2) is 0 Å². The molecule has 2 rings (SSSR count). The Morgan fingerprint density at radius 1 is 1.35 bits per heavy atom. The monoisotopic (exact) mass is 282 g/mol. The van der Waals surface area contributed by atoms with Crippen LogP contribution in [0.3, 0.4) is 0 Å². The minimum Gasteiger partial charge on any atom is -0.481 e. The van der Waals surface area contributed by atoms with Gasteiger partial charge in [-0.15, -0.1) is 0 Å². The second kappa shape index (κ2) is 5.81. The first-order valence-electron chi connectivity index (χ1n) is 7.23. The third kappa shape index (κ3) is 2.94. The van der Waals surface area contributed by atoms with E-state index in [9.17, 15) is 14.4 Å². The lowest BCUT2D eigenvalue weighted by Gasteiger charge is -2.44. The molecular weight excluding hydrogens is 260 g/mol. The molecule has 20 heavy (non-hydrogen) atoms. The number of likely N-dealkylation sites (N-methyl/N-ethyl adjacent to an activating group) is 1. The maximum absolute atomic E-state index is 12.5. The number of rotatable bonds is 4. The summed E-state index contributed by atoms with van der Waals surface area (Å²) in [6, 6.07) is -0.486. The van der Waals surface area contributed by atoms with Gasteiger partial charge in [-0.3, -0.25) is 14.4 Å². The molecule has 0 spiro atoms. The molecule has 6 nitrogen and oxygen atoms in total. The normalized spacial score (nSPS) is 25.1. The molecule has 1 atom stereocenters. The highest BCUT2D eigenvalue weighted by molar-refractivity contribution is 5.91. The van der Waals surface area contributed by atoms with E-state index in [-0.39, 0.29) is 18.2 Å². The zero-order chi connectivity index (χ0) is 14.8. The molecule has 2 N–H and O–H groups in total. The van der Waals surface area contributed by atoms with E-state index in [2.05, 4.69) is 5.32 Å². The lowest BCUT2D eigenvalue weighted by Crippen LogP contribution is -2.56. The summed E-state index contributed by atoms with van der Waals surface area (Å²) in [5.74, 6) is -1.13. The molecule has 2 fully saturated rings. The Hall–Kier alpha value is -1.59. The molecule has 0 aromatic heterocycles. The van der Waals surface area contributed by atoms with Gasteiger partial charge in [-0.2, -0.15) is 0 Å². The summed E-state index contributed by atoms with van der Waals surface area (Å²) in [4.78, 5) is 36.5. The first kappa shape index (κ1) is 14.8. The fourth-order valence-electron chi connectivity index (χ4n) is 3.39. The minimum absolute atomic E-state index is 0.0179. The number of nitrogens with zero attached hydrogens (tertiary/aromatic N) is 1. The number of aliphatic carboxylic acids is 1. The van der Waals surface area contributed by atoms with E-state index >= 15 is 0 Å². The van der Waals surface area contributed by atoms with Crippen LogP contribution in [-0.4, -0.2) is 46.4 Å². The second-order valence-corrected chi connectivity index (χ2v) is 5.91. The van der Waals surface area contributed by atoms with Gasteiger partial charge in [-0.05, 0) is 19.3 Å². The molecule has 0 aromatic rings. The van der Waals surface area contributed by atoms with Gasteiger partial charge in [0.1, 0.15) is 6.04 Å². The fourth-order valence-corrected chi connectivity index (χ4v) is 3.39. The van der Waals surface area contributed by atoms with E-state index in [4.69, 9.17) is 5.11 Å². The summed E-state index contributed by atoms with van der Waals surface area (Å²) in [5, 5.41) is 11.8. The number of amides is 2. The van der Waals surface area contributed by atoms with Crippen molar-refractivity contribution in [3.8, 4) is 0 Å². The van der Waals surface area contributed by atoms with E-state index < -0.39 is 17.6 Å². The molecule has 2 aliphatic rings. The van der Waals surface area contributed by atoms with Gasteiger partial charge in [0, 0.05) is 13.5 Å². The van der Waals surface area contributed by atoms with Crippen LogP contribution < -0.4 is 5.32 Å². The molecule has 1 aliphatic heterocycles. The summed E-state index contributed by atoms with van der Waals surface area (Å²) in [6.45, 7) is 0. The predicted octanol–water partition coefficient (Wildman–Crippen LogP) is 0.901. The SMILES string of the molecule is CN(C(=O)[C@H]1CCC(=O)N1)C1(CC(=O)O)CCCCC1. The zero-order valence-corrected chi connectivity index (χ0v) is 11.9. The molecule has 0 bridgehead atoms. The molecule has 1 heterocycles. The quantitative estimate of drug-likeness (QED) is 0.802. The Labute approximate surface area is 118 Å². The topological polar surface area (TPSA) is 86.7 Å². The maximum Gasteiger partial charge on any atom is 0.305 e. The van der Waals surface area contributed by atoms with Crippen molar-refractivity contribution >= 4 is 17.8 Å². The summed E-state index contributed by atoms with van der Waals surface area (Å²) >= 11 is 0. The number of nitrogens with one attached hydrogen (secondary N) is 1. The van der Waals surface area contributed by atoms with Crippen molar-refractivity contribution in [2.45, 2.75) is 62.9 Å². The minimum atomic E-state index is -0.873. The van der Waals surface area contributed by atoms with E-state index in [1.54, 1.807) is 11.9 Å². The third-order valence-electron chi connectivity index (χ3n) is 4.60. The first-order chi connectivity index (χ1) is 9.44. The van der Waals surface area contributed by atoms with Crippen LogP contribution in [0.1, 0.15) is 51.4 Å². The van der Waals surface area contributed by atoms with Crippen molar-refractivity contribution in [3.63, 3.8) is 0 Å². The number of hydrogen-bond acceptors (Lipinski definition) is 3. The van der Waals surface area contributed by atoms with Crippen LogP contribution in [0.15, 0.2) is 0 Å². The molecule has 1 saturated heterocycles. The predicted molar refractivity (Wildman–Crippen MR) is 72.0 cm³/mol. The Morgan fingerprint density at radius 3 is 2.50 bits per heavy atom. The summed E-state index contributed by atoms with van der Waals surface area (Å²) in [7, 11) is 1.68. The van der Waals surface area contributed by atoms with Gasteiger partial charge in [0.05, 0.1) is 12.0 Å². The van der Waals surface area contributed by atoms with Crippen molar-refractivity contribution in [3.05, 3.63) is 0 Å². The van der Waals surface area contributed by atoms with Crippen molar-refractivity contribution < 1.29 is 19.5 Å². The van der Waals surface area contributed by atoms with Crippen molar-refractivity contribution in [2.24, 2.45) is 0 Å². The first-order valence-corrected chi connectivity index (χ1v) is 7.23. The van der Waals surface area contributed by atoms with Gasteiger partial charge in [-0.25, -0.2) is 0 Å². The van der Waals surface area contributed by atoms with Crippen LogP contribution in [0.5, 0.6) is 0 Å². The van der Waals surface area contributed by atoms with Crippen LogP contribution in [0.25, 0.3) is 0 Å². The zero-order valence-electron chi connectivity index (χ0n) is 11.9. The van der Waals surface area contributed by atoms with Gasteiger partial charge >= 0.3 is 5.97 Å². The molecular formula is C14H22N2O4. The Morgan fingerprint density at radius 2 is 2.00 bits per heavy atom. The molecule has 0 unspecified atom stereocenters. The van der Waals surface area contributed by atoms with E-state index in [1.807, 2.05) is 0 Å². The van der Waals surface area contributed by atoms with Gasteiger partial charge in [0.25, 0.3) is 0 Å². The van der Waals surface area contributed by atoms with Gasteiger partial charge < -0.3 is 15.3 Å². The average molecular weight is 282 g/mol. The molecule has 112 valence electrons. The van der Waals surface area contributed by atoms with Gasteiger partial charge in [0.2, 0.25) is 11.8 Å². The molecule has 1 saturated carbocycles. The van der Waals surface area contributed by atoms with Crippen LogP contribution in [0.4, 0.5) is 0 Å². The van der Waals surface area contributed by atoms with Gasteiger partial charge in [-0.1, -0.05) is 19.3 Å². The highest BCUT2D eigenvalue weighted by atomic mass is 16.4. The maximum atomic E-state index is 12.5. The third-order valence-corrected chi connectivity index (χ3v) is 4.60. The molecule has 6 heteroatoms. The Kier molecular flexibility index (Phi) is 4.30. The largest absolute Gasteiger partial charge is 0.481 e. The van der Waals surface area contributed by atoms with Crippen LogP contribution in [0.2, 0.25) is 0 Å². The molecule has 0 radical (unpaired) electrons. The number of carboxylic acid groups (broad SMARTS) is 1. The smallest absolute Gasteiger partial charge is 0.305 e. The van der Waals surface area contributed by atoms with Crippen molar-refractivity contribution in [1.29, 1.82) is 0 Å². The van der Waals surface area contributed by atoms with Crippen molar-refractivity contribution in [1.82, 2.24) is 10.2 Å². The molecule has 0 aromatic carbocycles. The highest BCUT2D eigenvalue weighted by Gasteiger charge is 2.43. The number of hydrogen-bond donors (Lipinski definition) is 2. The standard InChI is InChI=1S/C14H22N2O4/c1-16(13(20)10-5-6-11(17)15-10)14(9-12(18)19)7-3-2-4-8-14/h10H,2-9H2,1H3,(H,15,17)(H,18,19)/t10-/m1/s1. The number of carbonyl (C=O) groups excluding carboxylic acids is 2. The number of carbonyl (C=O) groups is 3. The Bertz CT molecular complexity index is 415.